The van der Waals surface area contributed by atoms with Crippen molar-refractivity contribution >= 4 is 0 Å². The zero-order valence-corrected chi connectivity index (χ0v) is 67.1. The van der Waals surface area contributed by atoms with Crippen molar-refractivity contribution in [3.05, 3.63) is 0 Å². The molecular formula is C71H172N14. The molecule has 14 nitrogen and oxygen atoms in total. The van der Waals surface area contributed by atoms with Gasteiger partial charge in [0.1, 0.15) is 0 Å². The minimum absolute atomic E-state index is 0.260. The molecule has 85 heavy (non-hydrogen) atoms. The van der Waals surface area contributed by atoms with Crippen LogP contribution in [0, 0.1) is 0 Å². The average Bonchev–Trinajstić information content (AvgIpc) is 3.30. The van der Waals surface area contributed by atoms with Gasteiger partial charge in [0.05, 0.1) is 0 Å². The largest absolute Gasteiger partial charge is 0.320 e. The molecule has 0 saturated heterocycles. The highest BCUT2D eigenvalue weighted by Gasteiger charge is 2.19. The highest BCUT2D eigenvalue weighted by Crippen LogP contribution is 2.13. The third kappa shape index (κ3) is 97.2. The van der Waals surface area contributed by atoms with Crippen LogP contribution in [0.25, 0.3) is 0 Å². The molecule has 0 bridgehead atoms. The van der Waals surface area contributed by atoms with Gasteiger partial charge < -0.3 is 70.7 Å². The second-order valence-corrected chi connectivity index (χ2v) is 33.0. The van der Waals surface area contributed by atoms with E-state index >= 15 is 0 Å². The normalized spacial score (nSPS) is 12.6. The van der Waals surface area contributed by atoms with Gasteiger partial charge in [0, 0.05) is 70.5 Å². The van der Waals surface area contributed by atoms with Crippen LogP contribution in [0.4, 0.5) is 0 Å². The lowest BCUT2D eigenvalue weighted by Crippen LogP contribution is -2.41. The minimum Gasteiger partial charge on any atom is -0.320 e. The van der Waals surface area contributed by atoms with Crippen LogP contribution in [0.3, 0.4) is 0 Å². The van der Waals surface area contributed by atoms with Crippen molar-refractivity contribution in [2.75, 3.05) is 197 Å². The lowest BCUT2D eigenvalue weighted by atomic mass is 10.1. The van der Waals surface area contributed by atoms with Gasteiger partial charge in [-0.2, -0.15) is 0 Å². The van der Waals surface area contributed by atoms with Gasteiger partial charge in [-0.15, -0.1) is 0 Å². The maximum atomic E-state index is 3.42. The Morgan fingerprint density at radius 1 is 0.224 bits per heavy atom. The van der Waals surface area contributed by atoms with E-state index in [4.69, 9.17) is 0 Å². The highest BCUT2D eigenvalue weighted by atomic mass is 15.2. The number of unbranched alkanes of at least 4 members (excludes halogenated alkanes) is 2. The number of likely N-dealkylation sites (N-methyl/N-ethyl adjacent to an activating group) is 3. The first-order chi connectivity index (χ1) is 38.0. The van der Waals surface area contributed by atoms with E-state index in [1.807, 2.05) is 14.1 Å². The summed E-state index contributed by atoms with van der Waals surface area (Å²) in [6.45, 7) is 73.9. The summed E-state index contributed by atoms with van der Waals surface area (Å²) < 4.78 is 0. The van der Waals surface area contributed by atoms with Crippen LogP contribution in [0.1, 0.15) is 231 Å². The molecule has 0 heterocycles. The van der Waals surface area contributed by atoms with Gasteiger partial charge in [0.15, 0.2) is 0 Å². The molecule has 0 spiro atoms. The zero-order valence-electron chi connectivity index (χ0n) is 67.1. The number of hydrogen-bond acceptors (Lipinski definition) is 14. The smallest absolute Gasteiger partial charge is 0.0122 e. The summed E-state index contributed by atoms with van der Waals surface area (Å²) in [6, 6.07) is 0. The Kier molecular flexibility index (Phi) is 65.2. The maximum Gasteiger partial charge on any atom is 0.0122 e. The SMILES string of the molecule is CCCCN(C)C(C)(C)C.CCCCNC(C)(C)C.CN(C)CCCN(C)C(C)(C)C.CN(C)CCCN(C)C(C)(C)C.CN(C)CCN(C)C(C)(C)C.CN(C)CCNC(C)(C)C.CNCCCN(C)C(C)(C)C.CNCCCNC(C)(C)C. The van der Waals surface area contributed by atoms with Gasteiger partial charge in [-0.1, -0.05) is 26.7 Å². The lowest BCUT2D eigenvalue weighted by molar-refractivity contribution is 0.161. The Morgan fingerprint density at radius 3 is 0.706 bits per heavy atom. The summed E-state index contributed by atoms with van der Waals surface area (Å²) >= 11 is 0. The molecule has 0 radical (unpaired) electrons. The predicted molar refractivity (Wildman–Crippen MR) is 396 cm³/mol. The maximum absolute atomic E-state index is 3.42. The standard InChI is InChI=1S/2C10H24N2.2C9H22N2.C9H21N.2C8H20N2.C8H19N/c2*1-10(2,3)12(6)9-7-8-11(4)5;1-9(2,3)11(6)8-7-10(4)5;1-9(2,3)11(5)8-6-7-10-4;1-6-7-8-10(5)9(2,3)4;1-8(2,3)9-6-7-10(4)5;1-8(2,3)10-7-5-6-9-4;1-5-6-7-9-8(2,3)4/h2*7-9H2,1-6H3;7-8H2,1-6H3;10H,6-8H2,1-5H3;6-8H2,1-5H3;9H,6-7H2,1-5H3;9-10H,5-7H2,1-4H3;9H,5-7H2,1-4H3. The van der Waals surface area contributed by atoms with Crippen molar-refractivity contribution in [2.24, 2.45) is 0 Å². The van der Waals surface area contributed by atoms with Gasteiger partial charge >= 0.3 is 0 Å². The second kappa shape index (κ2) is 55.1. The second-order valence-electron chi connectivity index (χ2n) is 33.0. The predicted octanol–water partition coefficient (Wildman–Crippen LogP) is 12.6. The van der Waals surface area contributed by atoms with Crippen molar-refractivity contribution in [1.29, 1.82) is 0 Å². The molecule has 0 atom stereocenters. The van der Waals surface area contributed by atoms with Crippen molar-refractivity contribution in [3.63, 3.8) is 0 Å². The summed E-state index contributed by atoms with van der Waals surface area (Å²) in [5.41, 5.74) is 2.41. The first kappa shape index (κ1) is 101. The van der Waals surface area contributed by atoms with E-state index in [2.05, 4.69) is 342 Å². The average molecular weight is 1220 g/mol. The molecule has 0 aliphatic carbocycles. The molecule has 0 aromatic rings. The topological polar surface area (TPSA) is 89.3 Å². The van der Waals surface area contributed by atoms with Crippen LogP contribution in [-0.2, 0) is 0 Å². The van der Waals surface area contributed by atoms with Crippen molar-refractivity contribution in [2.45, 2.75) is 276 Å². The molecule has 0 rings (SSSR count). The van der Waals surface area contributed by atoms with E-state index < -0.39 is 0 Å². The molecule has 14 heteroatoms. The van der Waals surface area contributed by atoms with E-state index in [1.54, 1.807) is 0 Å². The van der Waals surface area contributed by atoms with E-state index in [9.17, 15) is 0 Å². The van der Waals surface area contributed by atoms with Gasteiger partial charge in [-0.25, -0.2) is 0 Å². The quantitative estimate of drug-likeness (QED) is 0.0482. The van der Waals surface area contributed by atoms with E-state index in [-0.39, 0.29) is 11.1 Å². The molecule has 0 aliphatic rings. The Hall–Kier alpha value is -0.560. The molecule has 5 N–H and O–H groups in total. The van der Waals surface area contributed by atoms with E-state index in [1.165, 1.54) is 90.6 Å². The number of hydrogen-bond donors (Lipinski definition) is 5. The molecule has 0 saturated carbocycles. The summed E-state index contributed by atoms with van der Waals surface area (Å²) in [5, 5.41) is 16.5. The van der Waals surface area contributed by atoms with Crippen molar-refractivity contribution in [3.8, 4) is 0 Å². The van der Waals surface area contributed by atoms with Gasteiger partial charge in [0.25, 0.3) is 0 Å². The van der Waals surface area contributed by atoms with Gasteiger partial charge in [-0.05, 0) is 376 Å². The first-order valence-corrected chi connectivity index (χ1v) is 33.7. The molecule has 0 unspecified atom stereocenters. The summed E-state index contributed by atoms with van der Waals surface area (Å²) in [4.78, 5) is 20.8. The molecule has 0 aliphatic heterocycles. The van der Waals surface area contributed by atoms with Gasteiger partial charge in [-0.3, -0.25) is 0 Å². The molecule has 0 fully saturated rings. The Morgan fingerprint density at radius 2 is 0.459 bits per heavy atom. The summed E-state index contributed by atoms with van der Waals surface area (Å²) in [6.07, 6.45) is 10.1. The van der Waals surface area contributed by atoms with Crippen molar-refractivity contribution < 1.29 is 0 Å². The van der Waals surface area contributed by atoms with Crippen LogP contribution in [0.2, 0.25) is 0 Å². The third-order valence-corrected chi connectivity index (χ3v) is 14.2. The number of nitrogens with one attached hydrogen (secondary N) is 5. The number of nitrogens with zero attached hydrogens (tertiary/aromatic N) is 9. The van der Waals surface area contributed by atoms with E-state index in [0.717, 1.165) is 52.4 Å². The van der Waals surface area contributed by atoms with Crippen LogP contribution in [0.5, 0.6) is 0 Å². The van der Waals surface area contributed by atoms with Crippen LogP contribution in [0.15, 0.2) is 0 Å². The fourth-order valence-electron chi connectivity index (χ4n) is 6.19. The molecule has 0 aromatic carbocycles. The molecular weight excluding hydrogens is 1050 g/mol. The monoisotopic (exact) mass is 1220 g/mol. The minimum atomic E-state index is 0.260. The first-order valence-electron chi connectivity index (χ1n) is 33.7. The Bertz CT molecular complexity index is 1300. The summed E-state index contributed by atoms with van der Waals surface area (Å²) in [5.74, 6) is 0. The Balaban J connectivity index is -0.000000133. The fraction of sp³-hybridized carbons (Fsp3) is 1.00. The Labute approximate surface area is 541 Å². The fourth-order valence-corrected chi connectivity index (χ4v) is 6.19. The molecule has 526 valence electrons. The van der Waals surface area contributed by atoms with Crippen LogP contribution >= 0.6 is 0 Å². The lowest BCUT2D eigenvalue weighted by Gasteiger charge is -2.32. The molecule has 0 aromatic heterocycles. The zero-order chi connectivity index (χ0) is 69.3. The van der Waals surface area contributed by atoms with E-state index in [0.29, 0.717) is 33.2 Å². The molecule has 0 amide bonds. The van der Waals surface area contributed by atoms with Crippen molar-refractivity contribution in [1.82, 2.24) is 70.7 Å². The van der Waals surface area contributed by atoms with Crippen LogP contribution in [-0.4, -0.2) is 286 Å². The highest BCUT2D eigenvalue weighted by molar-refractivity contribution is 4.77. The van der Waals surface area contributed by atoms with Gasteiger partial charge in [0.2, 0.25) is 0 Å². The number of rotatable bonds is 28. The van der Waals surface area contributed by atoms with Crippen LogP contribution < -0.4 is 26.6 Å². The third-order valence-electron chi connectivity index (χ3n) is 14.2. The summed E-state index contributed by atoms with van der Waals surface area (Å²) in [7, 11) is 31.8.